The lowest BCUT2D eigenvalue weighted by Gasteiger charge is -2.23. The zero-order valence-corrected chi connectivity index (χ0v) is 13.6. The molecule has 0 radical (unpaired) electrons. The highest BCUT2D eigenvalue weighted by molar-refractivity contribution is 7.99. The fourth-order valence-electron chi connectivity index (χ4n) is 2.11. The number of amides is 1. The van der Waals surface area contributed by atoms with Gasteiger partial charge in [-0.05, 0) is 24.1 Å². The van der Waals surface area contributed by atoms with E-state index in [1.807, 2.05) is 44.2 Å². The Hall–Kier alpha value is -1.50. The molecule has 0 saturated heterocycles. The first-order valence-electron chi connectivity index (χ1n) is 7.38. The molecule has 120 valence electrons. The van der Waals surface area contributed by atoms with Crippen LogP contribution < -0.4 is 16.4 Å². The van der Waals surface area contributed by atoms with E-state index in [9.17, 15) is 9.90 Å². The largest absolute Gasteiger partial charge is 0.370 e. The van der Waals surface area contributed by atoms with Gasteiger partial charge in [0.15, 0.2) is 0 Å². The summed E-state index contributed by atoms with van der Waals surface area (Å²) in [6.07, 6.45) is 2.65. The average Bonchev–Trinajstić information content (AvgIpc) is 2.48. The van der Waals surface area contributed by atoms with Gasteiger partial charge in [-0.25, -0.2) is 0 Å². The smallest absolute Gasteiger partial charge is 0.238 e. The van der Waals surface area contributed by atoms with Crippen molar-refractivity contribution in [1.82, 2.24) is 5.32 Å². The van der Waals surface area contributed by atoms with E-state index < -0.39 is 12.3 Å². The zero-order valence-electron chi connectivity index (χ0n) is 12.8. The lowest BCUT2D eigenvalue weighted by atomic mass is 10.0. The number of benzene rings is 1. The maximum absolute atomic E-state index is 12.2. The second-order valence-corrected chi connectivity index (χ2v) is 6.73. The number of anilines is 1. The van der Waals surface area contributed by atoms with Crippen LogP contribution in [0.4, 0.5) is 5.69 Å². The number of carbonyl (C=O) groups is 1. The molecule has 1 aliphatic rings. The van der Waals surface area contributed by atoms with Gasteiger partial charge in [0.25, 0.3) is 0 Å². The van der Waals surface area contributed by atoms with E-state index in [2.05, 4.69) is 10.6 Å². The molecule has 1 amide bonds. The highest BCUT2D eigenvalue weighted by atomic mass is 32.2. The number of rotatable bonds is 1. The zero-order chi connectivity index (χ0) is 16.1. The van der Waals surface area contributed by atoms with Crippen molar-refractivity contribution < 1.29 is 9.90 Å². The van der Waals surface area contributed by atoms with Crippen LogP contribution in [0.5, 0.6) is 0 Å². The van der Waals surface area contributed by atoms with Gasteiger partial charge in [-0.2, -0.15) is 0 Å². The van der Waals surface area contributed by atoms with Crippen molar-refractivity contribution in [1.29, 1.82) is 0 Å². The normalized spacial score (nSPS) is 27.9. The van der Waals surface area contributed by atoms with Crippen LogP contribution in [-0.4, -0.2) is 35.1 Å². The third-order valence-electron chi connectivity index (χ3n) is 3.47. The number of nitrogens with one attached hydrogen (secondary N) is 2. The van der Waals surface area contributed by atoms with Crippen LogP contribution in [0.1, 0.15) is 13.8 Å². The van der Waals surface area contributed by atoms with Crippen LogP contribution in [0.3, 0.4) is 0 Å². The summed E-state index contributed by atoms with van der Waals surface area (Å²) in [6.45, 7) is 4.02. The van der Waals surface area contributed by atoms with E-state index >= 15 is 0 Å². The number of carbonyl (C=O) groups excluding carboxylic acids is 1. The molecule has 0 spiro atoms. The van der Waals surface area contributed by atoms with Crippen molar-refractivity contribution in [3.05, 3.63) is 36.4 Å². The lowest BCUT2D eigenvalue weighted by molar-refractivity contribution is -0.122. The van der Waals surface area contributed by atoms with Crippen LogP contribution in [0.25, 0.3) is 0 Å². The third kappa shape index (κ3) is 4.50. The van der Waals surface area contributed by atoms with Crippen LogP contribution in [-0.2, 0) is 4.79 Å². The van der Waals surface area contributed by atoms with Crippen molar-refractivity contribution in [2.75, 3.05) is 11.1 Å². The Labute approximate surface area is 135 Å². The lowest BCUT2D eigenvalue weighted by Crippen LogP contribution is -2.47. The molecule has 6 heteroatoms. The van der Waals surface area contributed by atoms with Crippen LogP contribution in [0.2, 0.25) is 0 Å². The number of hydrogen-bond donors (Lipinski definition) is 4. The molecule has 1 aromatic rings. The van der Waals surface area contributed by atoms with Crippen LogP contribution in [0.15, 0.2) is 41.3 Å². The van der Waals surface area contributed by atoms with Gasteiger partial charge in [-0.3, -0.25) is 4.79 Å². The maximum Gasteiger partial charge on any atom is 0.238 e. The number of hydrogen-bond acceptors (Lipinski definition) is 5. The van der Waals surface area contributed by atoms with Gasteiger partial charge in [-0.1, -0.05) is 32.1 Å². The van der Waals surface area contributed by atoms with Gasteiger partial charge >= 0.3 is 0 Å². The first-order chi connectivity index (χ1) is 10.5. The first kappa shape index (κ1) is 16.9. The predicted octanol–water partition coefficient (Wildman–Crippen LogP) is 1.55. The second-order valence-electron chi connectivity index (χ2n) is 5.67. The molecule has 3 atom stereocenters. The summed E-state index contributed by atoms with van der Waals surface area (Å²) in [7, 11) is 0. The van der Waals surface area contributed by atoms with Crippen molar-refractivity contribution in [2.45, 2.75) is 37.1 Å². The summed E-state index contributed by atoms with van der Waals surface area (Å²) in [5.74, 6) is 0.522. The van der Waals surface area contributed by atoms with Crippen LogP contribution in [0, 0.1) is 5.92 Å². The molecule has 2 rings (SSSR count). The van der Waals surface area contributed by atoms with Crippen molar-refractivity contribution >= 4 is 23.4 Å². The van der Waals surface area contributed by atoms with Gasteiger partial charge in [0.05, 0.1) is 6.04 Å². The number of aliphatic hydroxyl groups is 1. The Morgan fingerprint density at radius 1 is 1.27 bits per heavy atom. The molecule has 0 aliphatic carbocycles. The molecule has 0 fully saturated rings. The highest BCUT2D eigenvalue weighted by Gasteiger charge is 2.20. The standard InChI is InChI=1S/C16H23N3O2S/c1-10(2)12-7-8-15(20)18-13-5-3-4-6-14(13)22-9-11(17)16(21)19-12/h3-8,10-12,15,18,20H,9,17H2,1-2H3,(H,19,21)/b8-7+/t11-,12+,15?/m0/s1. The van der Waals surface area contributed by atoms with E-state index in [4.69, 9.17) is 5.73 Å². The second kappa shape index (κ2) is 7.67. The van der Waals surface area contributed by atoms with Gasteiger partial charge < -0.3 is 21.5 Å². The van der Waals surface area contributed by atoms with Crippen molar-refractivity contribution in [2.24, 2.45) is 11.7 Å². The minimum atomic E-state index is -0.812. The summed E-state index contributed by atoms with van der Waals surface area (Å²) in [5.41, 5.74) is 6.81. The molecule has 1 aromatic carbocycles. The first-order valence-corrected chi connectivity index (χ1v) is 8.36. The Balaban J connectivity index is 2.27. The Morgan fingerprint density at radius 3 is 2.73 bits per heavy atom. The number of para-hydroxylation sites is 1. The highest BCUT2D eigenvalue weighted by Crippen LogP contribution is 2.28. The average molecular weight is 321 g/mol. The summed E-state index contributed by atoms with van der Waals surface area (Å²) in [5, 5.41) is 16.1. The van der Waals surface area contributed by atoms with Crippen molar-refractivity contribution in [3.63, 3.8) is 0 Å². The third-order valence-corrected chi connectivity index (χ3v) is 4.67. The number of thioether (sulfide) groups is 1. The van der Waals surface area contributed by atoms with Gasteiger partial charge in [-0.15, -0.1) is 11.8 Å². The maximum atomic E-state index is 12.2. The molecule has 5 N–H and O–H groups in total. The van der Waals surface area contributed by atoms with E-state index in [1.54, 1.807) is 6.08 Å². The topological polar surface area (TPSA) is 87.4 Å². The molecule has 1 aliphatic heterocycles. The summed E-state index contributed by atoms with van der Waals surface area (Å²) in [6, 6.07) is 6.93. The van der Waals surface area contributed by atoms with E-state index in [0.29, 0.717) is 5.75 Å². The van der Waals surface area contributed by atoms with E-state index in [-0.39, 0.29) is 17.9 Å². The van der Waals surface area contributed by atoms with E-state index in [0.717, 1.165) is 10.6 Å². The van der Waals surface area contributed by atoms with Crippen molar-refractivity contribution in [3.8, 4) is 0 Å². The molecule has 1 heterocycles. The Kier molecular flexibility index (Phi) is 5.88. The molecule has 0 aromatic heterocycles. The number of aliphatic hydroxyl groups excluding tert-OH is 1. The molecule has 0 saturated carbocycles. The van der Waals surface area contributed by atoms with E-state index in [1.165, 1.54) is 11.8 Å². The molecule has 5 nitrogen and oxygen atoms in total. The summed E-state index contributed by atoms with van der Waals surface area (Å²) < 4.78 is 0. The predicted molar refractivity (Wildman–Crippen MR) is 90.7 cm³/mol. The minimum absolute atomic E-state index is 0.158. The Morgan fingerprint density at radius 2 is 2.00 bits per heavy atom. The molecular formula is C16H23N3O2S. The van der Waals surface area contributed by atoms with Gasteiger partial charge in [0.1, 0.15) is 6.23 Å². The fourth-order valence-corrected chi connectivity index (χ4v) is 3.08. The van der Waals surface area contributed by atoms with Crippen LogP contribution >= 0.6 is 11.8 Å². The number of fused-ring (bicyclic) bond motifs is 1. The molecule has 0 bridgehead atoms. The quantitative estimate of drug-likeness (QED) is 0.590. The minimum Gasteiger partial charge on any atom is -0.370 e. The van der Waals surface area contributed by atoms with Gasteiger partial charge in [0, 0.05) is 22.4 Å². The summed E-state index contributed by atoms with van der Waals surface area (Å²) in [4.78, 5) is 13.1. The summed E-state index contributed by atoms with van der Waals surface area (Å²) >= 11 is 1.50. The SMILES string of the molecule is CC(C)[C@H]1/C=C/C(O)Nc2ccccc2SC[C@H](N)C(=O)N1. The monoisotopic (exact) mass is 321 g/mol. The molecule has 22 heavy (non-hydrogen) atoms. The Bertz CT molecular complexity index is 548. The fraction of sp³-hybridized carbons (Fsp3) is 0.438. The van der Waals surface area contributed by atoms with Gasteiger partial charge in [0.2, 0.25) is 5.91 Å². The molecule has 1 unspecified atom stereocenters. The number of nitrogens with two attached hydrogens (primary N) is 1. The molecular weight excluding hydrogens is 298 g/mol.